The number of nitrogens with two attached hydrogens (primary N) is 2. The molecule has 15 heteroatoms. The van der Waals surface area contributed by atoms with Crippen molar-refractivity contribution in [2.24, 2.45) is 0 Å². The van der Waals surface area contributed by atoms with Crippen molar-refractivity contribution in [3.05, 3.63) is 106 Å². The number of methoxy groups -OCH3 is 3. The quantitative estimate of drug-likeness (QED) is 0.149. The standard InChI is InChI=1S/C23H26ClN5O.C19H26N4O4/c1-28-10-12-29(13-11-28)22-19(15-26-23(25)27-22)14-17-4-8-21(9-5-17)30-16-18-2-6-20(24)7-3-18;1-25-15-9-12(10-16(26-2)17(15)27-3)8-13-11-21-19(20)22-18(13)23-6-4-14(24)5-7-23/h2-9,15H,10-14,16H2,1H3,(H2,25,26,27);9-11,14,24H,4-8H2,1-3H3,(H2,20,21,22). The van der Waals surface area contributed by atoms with Crippen LogP contribution in [-0.4, -0.2) is 104 Å². The number of halogens is 1. The predicted octanol–water partition coefficient (Wildman–Crippen LogP) is 5.27. The van der Waals surface area contributed by atoms with Crippen LogP contribution in [0.2, 0.25) is 5.02 Å². The Kier molecular flexibility index (Phi) is 14.1. The van der Waals surface area contributed by atoms with Crippen molar-refractivity contribution in [1.29, 1.82) is 0 Å². The summed E-state index contributed by atoms with van der Waals surface area (Å²) in [4.78, 5) is 24.2. The van der Waals surface area contributed by atoms with E-state index in [4.69, 9.17) is 42.0 Å². The maximum absolute atomic E-state index is 9.77. The van der Waals surface area contributed by atoms with Crippen molar-refractivity contribution in [3.63, 3.8) is 0 Å². The number of piperazine rings is 1. The summed E-state index contributed by atoms with van der Waals surface area (Å²) in [6.45, 7) is 5.90. The lowest BCUT2D eigenvalue weighted by Gasteiger charge is -2.34. The molecule has 2 aliphatic rings. The number of ether oxygens (including phenoxy) is 4. The number of rotatable bonds is 12. The molecular formula is C42H52ClN9O5. The molecule has 7 rings (SSSR count). The minimum absolute atomic E-state index is 0.241. The second-order valence-corrected chi connectivity index (χ2v) is 14.5. The van der Waals surface area contributed by atoms with Crippen LogP contribution in [0.1, 0.15) is 40.7 Å². The van der Waals surface area contributed by atoms with Gasteiger partial charge in [0.05, 0.1) is 27.4 Å². The highest BCUT2D eigenvalue weighted by molar-refractivity contribution is 6.30. The van der Waals surface area contributed by atoms with Crippen LogP contribution in [-0.2, 0) is 19.4 Å². The molecule has 57 heavy (non-hydrogen) atoms. The molecule has 2 fully saturated rings. The average Bonchev–Trinajstić information content (AvgIpc) is 3.23. The lowest BCUT2D eigenvalue weighted by atomic mass is 10.0. The molecule has 0 unspecified atom stereocenters. The van der Waals surface area contributed by atoms with E-state index in [-0.39, 0.29) is 12.1 Å². The molecule has 302 valence electrons. The average molecular weight is 798 g/mol. The second kappa shape index (κ2) is 19.5. The Morgan fingerprint density at radius 3 is 1.72 bits per heavy atom. The fourth-order valence-electron chi connectivity index (χ4n) is 6.84. The van der Waals surface area contributed by atoms with Crippen molar-refractivity contribution in [2.75, 3.05) is 88.9 Å². The minimum atomic E-state index is -0.251. The van der Waals surface area contributed by atoms with Gasteiger partial charge in [-0.3, -0.25) is 0 Å². The number of aromatic nitrogens is 4. The largest absolute Gasteiger partial charge is 0.493 e. The van der Waals surface area contributed by atoms with E-state index < -0.39 is 0 Å². The maximum atomic E-state index is 9.77. The van der Waals surface area contributed by atoms with Crippen molar-refractivity contribution in [3.8, 4) is 23.0 Å². The van der Waals surface area contributed by atoms with Gasteiger partial charge in [0.15, 0.2) is 11.5 Å². The van der Waals surface area contributed by atoms with E-state index in [1.165, 1.54) is 5.56 Å². The van der Waals surface area contributed by atoms with E-state index in [0.717, 1.165) is 90.4 Å². The van der Waals surface area contributed by atoms with Crippen LogP contribution in [0, 0.1) is 0 Å². The van der Waals surface area contributed by atoms with Crippen molar-refractivity contribution < 1.29 is 24.1 Å². The Hall–Kier alpha value is -5.57. The molecule has 14 nitrogen and oxygen atoms in total. The Morgan fingerprint density at radius 1 is 0.684 bits per heavy atom. The van der Waals surface area contributed by atoms with Gasteiger partial charge in [-0.05, 0) is 73.0 Å². The van der Waals surface area contributed by atoms with Crippen LogP contribution >= 0.6 is 11.6 Å². The number of aliphatic hydroxyl groups is 1. The summed E-state index contributed by atoms with van der Waals surface area (Å²) >= 11 is 5.93. The van der Waals surface area contributed by atoms with Crippen LogP contribution in [0.4, 0.5) is 23.5 Å². The van der Waals surface area contributed by atoms with Gasteiger partial charge in [0.25, 0.3) is 0 Å². The summed E-state index contributed by atoms with van der Waals surface area (Å²) in [7, 11) is 6.91. The summed E-state index contributed by atoms with van der Waals surface area (Å²) in [5.41, 5.74) is 17.0. The zero-order valence-corrected chi connectivity index (χ0v) is 33.8. The molecule has 5 aromatic rings. The molecule has 2 saturated heterocycles. The van der Waals surface area contributed by atoms with E-state index in [1.807, 2.05) is 54.7 Å². The van der Waals surface area contributed by atoms with E-state index in [2.05, 4.69) is 53.8 Å². The van der Waals surface area contributed by atoms with E-state index in [0.29, 0.717) is 49.1 Å². The molecule has 2 aromatic heterocycles. The second-order valence-electron chi connectivity index (χ2n) is 14.1. The summed E-state index contributed by atoms with van der Waals surface area (Å²) < 4.78 is 22.1. The number of likely N-dealkylation sites (N-methyl/N-ethyl adjacent to an activating group) is 1. The topological polar surface area (TPSA) is 170 Å². The molecular weight excluding hydrogens is 746 g/mol. The summed E-state index contributed by atoms with van der Waals surface area (Å²) in [6, 6.07) is 19.7. The number of hydrogen-bond donors (Lipinski definition) is 3. The summed E-state index contributed by atoms with van der Waals surface area (Å²) in [6.07, 6.45) is 6.12. The highest BCUT2D eigenvalue weighted by Gasteiger charge is 2.23. The molecule has 4 heterocycles. The predicted molar refractivity (Wildman–Crippen MR) is 224 cm³/mol. The first-order valence-corrected chi connectivity index (χ1v) is 19.3. The van der Waals surface area contributed by atoms with Gasteiger partial charge in [-0.25, -0.2) is 9.97 Å². The molecule has 0 bridgehead atoms. The SMILES string of the molecule is CN1CCN(c2nc(N)ncc2Cc2ccc(OCc3ccc(Cl)cc3)cc2)CC1.COc1cc(Cc2cnc(N)nc2N2CCC(O)CC2)cc(OC)c1OC. The fourth-order valence-corrected chi connectivity index (χ4v) is 6.97. The smallest absolute Gasteiger partial charge is 0.221 e. The monoisotopic (exact) mass is 797 g/mol. The van der Waals surface area contributed by atoms with Crippen LogP contribution in [0.3, 0.4) is 0 Å². The van der Waals surface area contributed by atoms with Crippen molar-refractivity contribution >= 4 is 35.1 Å². The highest BCUT2D eigenvalue weighted by atomic mass is 35.5. The zero-order chi connectivity index (χ0) is 40.3. The van der Waals surface area contributed by atoms with Crippen LogP contribution < -0.4 is 40.2 Å². The molecule has 0 amide bonds. The first-order valence-electron chi connectivity index (χ1n) is 19.0. The number of nitrogen functional groups attached to an aromatic ring is 2. The van der Waals surface area contributed by atoms with Crippen LogP contribution in [0.15, 0.2) is 73.1 Å². The third-order valence-corrected chi connectivity index (χ3v) is 10.3. The Morgan fingerprint density at radius 2 is 1.19 bits per heavy atom. The molecule has 5 N–H and O–H groups in total. The molecule has 0 spiro atoms. The van der Waals surface area contributed by atoms with Crippen LogP contribution in [0.5, 0.6) is 23.0 Å². The van der Waals surface area contributed by atoms with E-state index >= 15 is 0 Å². The number of hydrogen-bond acceptors (Lipinski definition) is 14. The van der Waals surface area contributed by atoms with Gasteiger partial charge in [0, 0.05) is 80.7 Å². The Balaban J connectivity index is 0.000000194. The molecule has 0 saturated carbocycles. The fraction of sp³-hybridized carbons (Fsp3) is 0.381. The number of benzene rings is 3. The first-order chi connectivity index (χ1) is 27.6. The Bertz CT molecular complexity index is 2030. The number of piperidine rings is 1. The van der Waals surface area contributed by atoms with Crippen LogP contribution in [0.25, 0.3) is 0 Å². The van der Waals surface area contributed by atoms with Gasteiger partial charge in [0.1, 0.15) is 24.0 Å². The maximum Gasteiger partial charge on any atom is 0.221 e. The molecule has 0 aliphatic carbocycles. The Labute approximate surface area is 339 Å². The zero-order valence-electron chi connectivity index (χ0n) is 33.0. The number of nitrogens with zero attached hydrogens (tertiary/aromatic N) is 7. The first kappa shape index (κ1) is 41.1. The number of aliphatic hydroxyl groups excluding tert-OH is 1. The van der Waals surface area contributed by atoms with E-state index in [1.54, 1.807) is 27.5 Å². The van der Waals surface area contributed by atoms with Gasteiger partial charge in [-0.1, -0.05) is 35.9 Å². The van der Waals surface area contributed by atoms with Gasteiger partial charge < -0.3 is 50.2 Å². The lowest BCUT2D eigenvalue weighted by molar-refractivity contribution is 0.145. The third-order valence-electron chi connectivity index (χ3n) is 10.0. The van der Waals surface area contributed by atoms with Gasteiger partial charge >= 0.3 is 0 Å². The number of anilines is 4. The summed E-state index contributed by atoms with van der Waals surface area (Å²) in [5.74, 6) is 4.91. The lowest BCUT2D eigenvalue weighted by Crippen LogP contribution is -2.45. The highest BCUT2D eigenvalue weighted by Crippen LogP contribution is 2.39. The summed E-state index contributed by atoms with van der Waals surface area (Å²) in [5, 5.41) is 10.5. The van der Waals surface area contributed by atoms with Crippen molar-refractivity contribution in [2.45, 2.75) is 38.4 Å². The third kappa shape index (κ3) is 11.1. The molecule has 0 radical (unpaired) electrons. The van der Waals surface area contributed by atoms with E-state index in [9.17, 15) is 5.11 Å². The van der Waals surface area contributed by atoms with Gasteiger partial charge in [0.2, 0.25) is 17.6 Å². The van der Waals surface area contributed by atoms with Gasteiger partial charge in [-0.2, -0.15) is 9.97 Å². The normalized spacial score (nSPS) is 14.8. The molecule has 3 aromatic carbocycles. The van der Waals surface area contributed by atoms with Crippen molar-refractivity contribution in [1.82, 2.24) is 24.8 Å². The minimum Gasteiger partial charge on any atom is -0.493 e. The van der Waals surface area contributed by atoms with Gasteiger partial charge in [-0.15, -0.1) is 0 Å². The molecule has 2 aliphatic heterocycles. The molecule has 0 atom stereocenters.